The maximum Gasteiger partial charge on any atom is 0.265 e. The molecule has 0 aromatic heterocycles. The van der Waals surface area contributed by atoms with E-state index >= 15 is 0 Å². The van der Waals surface area contributed by atoms with Crippen LogP contribution in [0.15, 0.2) is 45.8 Å². The number of nitrogens with two attached hydrogens (primary N) is 1. The van der Waals surface area contributed by atoms with Gasteiger partial charge in [-0.3, -0.25) is 4.72 Å². The first-order chi connectivity index (χ1) is 9.83. The van der Waals surface area contributed by atoms with Gasteiger partial charge in [0.1, 0.15) is 16.5 Å². The zero-order valence-corrected chi connectivity index (χ0v) is 13.3. The molecule has 0 aliphatic rings. The first kappa shape index (κ1) is 15.6. The van der Waals surface area contributed by atoms with Crippen molar-refractivity contribution in [1.82, 2.24) is 0 Å². The number of anilines is 2. The van der Waals surface area contributed by atoms with E-state index in [4.69, 9.17) is 10.5 Å². The normalized spacial score (nSPS) is 11.2. The molecule has 2 aromatic carbocycles. The second-order valence-corrected chi connectivity index (χ2v) is 6.71. The monoisotopic (exact) mass is 374 g/mol. The molecule has 0 unspecified atom stereocenters. The summed E-state index contributed by atoms with van der Waals surface area (Å²) in [6.45, 7) is 0. The minimum Gasteiger partial charge on any atom is -0.495 e. The van der Waals surface area contributed by atoms with Crippen LogP contribution >= 0.6 is 15.9 Å². The van der Waals surface area contributed by atoms with E-state index in [-0.39, 0.29) is 22.0 Å². The van der Waals surface area contributed by atoms with Crippen LogP contribution in [-0.2, 0) is 10.0 Å². The SMILES string of the molecule is COc1ccc(N)cc1S(=O)(=O)Nc1cc(Br)ccc1F. The summed E-state index contributed by atoms with van der Waals surface area (Å²) in [6, 6.07) is 8.13. The van der Waals surface area contributed by atoms with Crippen LogP contribution in [-0.4, -0.2) is 15.5 Å². The van der Waals surface area contributed by atoms with Crippen molar-refractivity contribution in [2.45, 2.75) is 4.90 Å². The van der Waals surface area contributed by atoms with Gasteiger partial charge in [0.15, 0.2) is 0 Å². The highest BCUT2D eigenvalue weighted by Crippen LogP contribution is 2.29. The molecule has 0 atom stereocenters. The van der Waals surface area contributed by atoms with E-state index in [1.54, 1.807) is 0 Å². The van der Waals surface area contributed by atoms with Crippen molar-refractivity contribution < 1.29 is 17.5 Å². The van der Waals surface area contributed by atoms with Gasteiger partial charge in [0.25, 0.3) is 10.0 Å². The first-order valence-corrected chi connectivity index (χ1v) is 8.02. The molecule has 0 aliphatic carbocycles. The van der Waals surface area contributed by atoms with E-state index in [9.17, 15) is 12.8 Å². The summed E-state index contributed by atoms with van der Waals surface area (Å²) in [5.74, 6) is -0.572. The lowest BCUT2D eigenvalue weighted by Gasteiger charge is -2.13. The molecule has 8 heteroatoms. The number of sulfonamides is 1. The zero-order valence-electron chi connectivity index (χ0n) is 10.9. The quantitative estimate of drug-likeness (QED) is 0.806. The van der Waals surface area contributed by atoms with Crippen molar-refractivity contribution in [2.24, 2.45) is 0 Å². The summed E-state index contributed by atoms with van der Waals surface area (Å²) in [6.07, 6.45) is 0. The van der Waals surface area contributed by atoms with Gasteiger partial charge in [-0.25, -0.2) is 12.8 Å². The lowest BCUT2D eigenvalue weighted by Crippen LogP contribution is -2.15. The molecule has 2 aromatic rings. The summed E-state index contributed by atoms with van der Waals surface area (Å²) in [5, 5.41) is 0. The van der Waals surface area contributed by atoms with Crippen molar-refractivity contribution in [3.63, 3.8) is 0 Å². The van der Waals surface area contributed by atoms with Crippen molar-refractivity contribution in [3.8, 4) is 5.75 Å². The van der Waals surface area contributed by atoms with Crippen molar-refractivity contribution in [1.29, 1.82) is 0 Å². The highest BCUT2D eigenvalue weighted by Gasteiger charge is 2.21. The Morgan fingerprint density at radius 3 is 2.62 bits per heavy atom. The van der Waals surface area contributed by atoms with Crippen molar-refractivity contribution in [2.75, 3.05) is 17.6 Å². The predicted molar refractivity (Wildman–Crippen MR) is 82.3 cm³/mol. The maximum atomic E-state index is 13.7. The standard InChI is InChI=1S/C13H12BrFN2O3S/c1-20-12-5-3-9(16)7-13(12)21(18,19)17-11-6-8(14)2-4-10(11)15/h2-7,17H,16H2,1H3. The number of ether oxygens (including phenoxy) is 1. The number of halogens is 2. The Kier molecular flexibility index (Phi) is 4.38. The van der Waals surface area contributed by atoms with Crippen LogP contribution in [0, 0.1) is 5.82 Å². The third-order valence-corrected chi connectivity index (χ3v) is 4.53. The van der Waals surface area contributed by atoms with Crippen LogP contribution in [0.4, 0.5) is 15.8 Å². The Labute approximate surface area is 130 Å². The molecule has 0 heterocycles. The lowest BCUT2D eigenvalue weighted by molar-refractivity contribution is 0.403. The van der Waals surface area contributed by atoms with E-state index in [2.05, 4.69) is 20.7 Å². The Morgan fingerprint density at radius 1 is 1.24 bits per heavy atom. The number of nitrogens with one attached hydrogen (secondary N) is 1. The summed E-state index contributed by atoms with van der Waals surface area (Å²) in [7, 11) is -2.70. The number of hydrogen-bond donors (Lipinski definition) is 2. The fourth-order valence-electron chi connectivity index (χ4n) is 1.68. The molecular weight excluding hydrogens is 363 g/mol. The molecule has 0 saturated carbocycles. The van der Waals surface area contributed by atoms with Crippen molar-refractivity contribution >= 4 is 37.3 Å². The number of benzene rings is 2. The summed E-state index contributed by atoms with van der Waals surface area (Å²) < 4.78 is 46.1. The minimum absolute atomic E-state index is 0.118. The van der Waals surface area contributed by atoms with Crippen LogP contribution in [0.5, 0.6) is 5.75 Å². The molecular formula is C13H12BrFN2O3S. The molecule has 0 amide bonds. The Hall–Kier alpha value is -1.80. The summed E-state index contributed by atoms with van der Waals surface area (Å²) in [5.41, 5.74) is 5.68. The average molecular weight is 375 g/mol. The van der Waals surface area contributed by atoms with E-state index < -0.39 is 15.8 Å². The van der Waals surface area contributed by atoms with E-state index in [0.29, 0.717) is 4.47 Å². The fourth-order valence-corrected chi connectivity index (χ4v) is 3.30. The molecule has 21 heavy (non-hydrogen) atoms. The molecule has 0 saturated heterocycles. The van der Waals surface area contributed by atoms with Gasteiger partial charge in [0, 0.05) is 10.2 Å². The van der Waals surface area contributed by atoms with Crippen LogP contribution in [0.25, 0.3) is 0 Å². The third kappa shape index (κ3) is 3.45. The van der Waals surface area contributed by atoms with E-state index in [0.717, 1.165) is 6.07 Å². The summed E-state index contributed by atoms with van der Waals surface area (Å²) in [4.78, 5) is -0.163. The molecule has 0 aliphatic heterocycles. The predicted octanol–water partition coefficient (Wildman–Crippen LogP) is 2.98. The fraction of sp³-hybridized carbons (Fsp3) is 0.0769. The van der Waals surface area contributed by atoms with Crippen LogP contribution in [0.2, 0.25) is 0 Å². The molecule has 2 rings (SSSR count). The molecule has 0 bridgehead atoms. The van der Waals surface area contributed by atoms with Crippen LogP contribution in [0.1, 0.15) is 0 Å². The second kappa shape index (κ2) is 5.90. The smallest absolute Gasteiger partial charge is 0.265 e. The molecule has 0 spiro atoms. The van der Waals surface area contributed by atoms with Gasteiger partial charge in [-0.2, -0.15) is 0 Å². The zero-order chi connectivity index (χ0) is 15.6. The highest BCUT2D eigenvalue weighted by atomic mass is 79.9. The number of hydrogen-bond acceptors (Lipinski definition) is 4. The number of methoxy groups -OCH3 is 1. The van der Waals surface area contributed by atoms with Gasteiger partial charge >= 0.3 is 0 Å². The molecule has 112 valence electrons. The number of rotatable bonds is 4. The average Bonchev–Trinajstić information content (AvgIpc) is 2.42. The van der Waals surface area contributed by atoms with Gasteiger partial charge in [0.2, 0.25) is 0 Å². The van der Waals surface area contributed by atoms with Gasteiger partial charge in [-0.05, 0) is 36.4 Å². The van der Waals surface area contributed by atoms with Gasteiger partial charge in [-0.15, -0.1) is 0 Å². The van der Waals surface area contributed by atoms with Gasteiger partial charge in [-0.1, -0.05) is 15.9 Å². The highest BCUT2D eigenvalue weighted by molar-refractivity contribution is 9.10. The Bertz CT molecular complexity index is 781. The Balaban J connectivity index is 2.48. The van der Waals surface area contributed by atoms with E-state index in [1.165, 1.54) is 37.4 Å². The maximum absolute atomic E-state index is 13.7. The van der Waals surface area contributed by atoms with Gasteiger partial charge in [0.05, 0.1) is 12.8 Å². The molecule has 0 radical (unpaired) electrons. The molecule has 5 nitrogen and oxygen atoms in total. The van der Waals surface area contributed by atoms with Crippen LogP contribution < -0.4 is 15.2 Å². The first-order valence-electron chi connectivity index (χ1n) is 5.75. The molecule has 0 fully saturated rings. The van der Waals surface area contributed by atoms with Crippen molar-refractivity contribution in [3.05, 3.63) is 46.7 Å². The second-order valence-electron chi connectivity index (χ2n) is 4.14. The number of nitrogen functional groups attached to an aromatic ring is 1. The Morgan fingerprint density at radius 2 is 1.95 bits per heavy atom. The lowest BCUT2D eigenvalue weighted by atomic mass is 10.3. The van der Waals surface area contributed by atoms with Crippen LogP contribution in [0.3, 0.4) is 0 Å². The van der Waals surface area contributed by atoms with E-state index in [1.807, 2.05) is 0 Å². The largest absolute Gasteiger partial charge is 0.495 e. The summed E-state index contributed by atoms with van der Waals surface area (Å²) >= 11 is 3.15. The molecule has 3 N–H and O–H groups in total. The topological polar surface area (TPSA) is 81.4 Å². The minimum atomic E-state index is -4.03. The van der Waals surface area contributed by atoms with Gasteiger partial charge < -0.3 is 10.5 Å². The third-order valence-electron chi connectivity index (χ3n) is 2.65.